The van der Waals surface area contributed by atoms with Crippen molar-refractivity contribution in [3.8, 4) is 5.69 Å². The summed E-state index contributed by atoms with van der Waals surface area (Å²) in [5.41, 5.74) is 3.18. The van der Waals surface area contributed by atoms with Gasteiger partial charge in [-0.25, -0.2) is 4.79 Å². The van der Waals surface area contributed by atoms with Gasteiger partial charge in [-0.3, -0.25) is 19.8 Å². The monoisotopic (exact) mass is 357 g/mol. The molecule has 0 bridgehead atoms. The molecule has 0 aliphatic carbocycles. The molecule has 1 N–H and O–H groups in total. The number of nitrogens with one attached hydrogen (secondary N) is 1. The summed E-state index contributed by atoms with van der Waals surface area (Å²) in [4.78, 5) is 36.6. The van der Waals surface area contributed by atoms with E-state index in [1.54, 1.807) is 6.07 Å². The van der Waals surface area contributed by atoms with Crippen LogP contribution in [0.25, 0.3) is 11.8 Å². The van der Waals surface area contributed by atoms with Gasteiger partial charge in [0.2, 0.25) is 0 Å². The van der Waals surface area contributed by atoms with Crippen LogP contribution in [0.2, 0.25) is 5.02 Å². The molecule has 0 spiro atoms. The van der Waals surface area contributed by atoms with E-state index in [2.05, 4.69) is 5.32 Å². The van der Waals surface area contributed by atoms with Crippen molar-refractivity contribution < 1.29 is 14.4 Å². The predicted octanol–water partition coefficient (Wildman–Crippen LogP) is 2.84. The number of hydrogen-bond donors (Lipinski definition) is 1. The van der Waals surface area contributed by atoms with Crippen molar-refractivity contribution in [1.82, 2.24) is 14.8 Å². The highest BCUT2D eigenvalue weighted by molar-refractivity contribution is 6.32. The molecule has 0 atom stereocenters. The van der Waals surface area contributed by atoms with Crippen molar-refractivity contribution in [2.45, 2.75) is 13.8 Å². The van der Waals surface area contributed by atoms with E-state index in [0.29, 0.717) is 10.6 Å². The fourth-order valence-corrected chi connectivity index (χ4v) is 3.06. The van der Waals surface area contributed by atoms with Gasteiger partial charge in [-0.2, -0.15) is 0 Å². The molecule has 25 heavy (non-hydrogen) atoms. The Bertz CT molecular complexity index is 943. The summed E-state index contributed by atoms with van der Waals surface area (Å²) >= 11 is 6.29. The topological polar surface area (TPSA) is 71.4 Å². The maximum Gasteiger partial charge on any atom is 0.331 e. The van der Waals surface area contributed by atoms with Crippen molar-refractivity contribution >= 4 is 35.5 Å². The second-order valence-electron chi connectivity index (χ2n) is 5.79. The first kappa shape index (κ1) is 17.0. The molecule has 0 unspecified atom stereocenters. The van der Waals surface area contributed by atoms with E-state index in [1.165, 1.54) is 13.1 Å². The molecule has 2 aromatic rings. The highest BCUT2D eigenvalue weighted by atomic mass is 35.5. The molecule has 1 aromatic heterocycles. The maximum atomic E-state index is 12.2. The van der Waals surface area contributed by atoms with Gasteiger partial charge in [0.1, 0.15) is 5.57 Å². The Kier molecular flexibility index (Phi) is 4.22. The second kappa shape index (κ2) is 6.22. The minimum Gasteiger partial charge on any atom is -0.316 e. The SMILES string of the molecule is Cc1cc(/C=C2/C(=O)NC(=O)N(C)C2=O)c(C)n1-c1ccccc1Cl. The van der Waals surface area contributed by atoms with E-state index in [-0.39, 0.29) is 5.57 Å². The molecule has 3 rings (SSSR count). The number of barbiturate groups is 1. The van der Waals surface area contributed by atoms with Gasteiger partial charge in [-0.1, -0.05) is 23.7 Å². The highest BCUT2D eigenvalue weighted by Gasteiger charge is 2.33. The summed E-state index contributed by atoms with van der Waals surface area (Å²) in [6, 6.07) is 8.56. The number of para-hydroxylation sites is 1. The summed E-state index contributed by atoms with van der Waals surface area (Å²) in [7, 11) is 1.32. The number of hydrogen-bond acceptors (Lipinski definition) is 3. The van der Waals surface area contributed by atoms with Crippen molar-refractivity contribution in [2.75, 3.05) is 7.05 Å². The highest BCUT2D eigenvalue weighted by Crippen LogP contribution is 2.27. The molecule has 1 aliphatic heterocycles. The number of urea groups is 1. The summed E-state index contributed by atoms with van der Waals surface area (Å²) in [6.45, 7) is 3.79. The molecule has 128 valence electrons. The first-order valence-electron chi connectivity index (χ1n) is 7.60. The van der Waals surface area contributed by atoms with Gasteiger partial charge >= 0.3 is 6.03 Å². The lowest BCUT2D eigenvalue weighted by atomic mass is 10.1. The largest absolute Gasteiger partial charge is 0.331 e. The fraction of sp³-hybridized carbons (Fsp3) is 0.167. The van der Waals surface area contributed by atoms with E-state index in [1.807, 2.05) is 42.7 Å². The molecule has 6 nitrogen and oxygen atoms in total. The molecule has 4 amide bonds. The first-order valence-corrected chi connectivity index (χ1v) is 7.98. The van der Waals surface area contributed by atoms with E-state index in [0.717, 1.165) is 22.0 Å². The van der Waals surface area contributed by atoms with Crippen LogP contribution < -0.4 is 5.32 Å². The second-order valence-corrected chi connectivity index (χ2v) is 6.20. The standard InChI is InChI=1S/C18H16ClN3O3/c1-10-8-12(9-13-16(23)20-18(25)21(3)17(13)24)11(2)22(10)15-7-5-4-6-14(15)19/h4-9H,1-3H3,(H,20,23,25)/b13-9-. The lowest BCUT2D eigenvalue weighted by Crippen LogP contribution is -2.52. The van der Waals surface area contributed by atoms with Crippen molar-refractivity contribution in [3.63, 3.8) is 0 Å². The number of halogens is 1. The van der Waals surface area contributed by atoms with Gasteiger partial charge in [0.05, 0.1) is 10.7 Å². The number of rotatable bonds is 2. The van der Waals surface area contributed by atoms with E-state index in [9.17, 15) is 14.4 Å². The van der Waals surface area contributed by atoms with Gasteiger partial charge in [-0.15, -0.1) is 0 Å². The molecular formula is C18H16ClN3O3. The van der Waals surface area contributed by atoms with Gasteiger partial charge < -0.3 is 4.57 Å². The lowest BCUT2D eigenvalue weighted by molar-refractivity contribution is -0.129. The third-order valence-electron chi connectivity index (χ3n) is 4.17. The molecule has 2 heterocycles. The van der Waals surface area contributed by atoms with Crippen LogP contribution in [-0.4, -0.2) is 34.4 Å². The Morgan fingerprint density at radius 3 is 2.48 bits per heavy atom. The number of aromatic nitrogens is 1. The number of aryl methyl sites for hydroxylation is 1. The fourth-order valence-electron chi connectivity index (χ4n) is 2.84. The Morgan fingerprint density at radius 2 is 1.80 bits per heavy atom. The molecule has 1 aliphatic rings. The average Bonchev–Trinajstić information content (AvgIpc) is 2.84. The van der Waals surface area contributed by atoms with Gasteiger partial charge in [-0.05, 0) is 43.7 Å². The molecule has 1 aromatic carbocycles. The molecule has 0 radical (unpaired) electrons. The Morgan fingerprint density at radius 1 is 1.12 bits per heavy atom. The van der Waals surface area contributed by atoms with E-state index in [4.69, 9.17) is 11.6 Å². The lowest BCUT2D eigenvalue weighted by Gasteiger charge is -2.22. The third-order valence-corrected chi connectivity index (χ3v) is 4.49. The van der Waals surface area contributed by atoms with Crippen LogP contribution in [0.3, 0.4) is 0 Å². The van der Waals surface area contributed by atoms with Crippen LogP contribution in [0.1, 0.15) is 17.0 Å². The molecule has 0 saturated carbocycles. The van der Waals surface area contributed by atoms with Gasteiger partial charge in [0, 0.05) is 18.4 Å². The van der Waals surface area contributed by atoms with Crippen LogP contribution >= 0.6 is 11.6 Å². The van der Waals surface area contributed by atoms with Crippen molar-refractivity contribution in [2.24, 2.45) is 0 Å². The van der Waals surface area contributed by atoms with E-state index < -0.39 is 17.8 Å². The quantitative estimate of drug-likeness (QED) is 0.663. The van der Waals surface area contributed by atoms with Crippen molar-refractivity contribution in [1.29, 1.82) is 0 Å². The smallest absolute Gasteiger partial charge is 0.316 e. The zero-order valence-electron chi connectivity index (χ0n) is 14.0. The summed E-state index contributed by atoms with van der Waals surface area (Å²) in [6.07, 6.45) is 1.50. The Hall–Kier alpha value is -2.86. The van der Waals surface area contributed by atoms with Crippen molar-refractivity contribution in [3.05, 3.63) is 57.9 Å². The van der Waals surface area contributed by atoms with Crippen LogP contribution in [0, 0.1) is 13.8 Å². The Labute approximate surface area is 149 Å². The number of nitrogens with zero attached hydrogens (tertiary/aromatic N) is 2. The maximum absolute atomic E-state index is 12.2. The summed E-state index contributed by atoms with van der Waals surface area (Å²) in [5.74, 6) is -1.33. The van der Waals surface area contributed by atoms with Crippen LogP contribution in [0.4, 0.5) is 4.79 Å². The normalized spacial score (nSPS) is 16.6. The van der Waals surface area contributed by atoms with Crippen LogP contribution in [-0.2, 0) is 9.59 Å². The molecule has 1 saturated heterocycles. The Balaban J connectivity index is 2.10. The number of carbonyl (C=O) groups is 3. The number of amides is 4. The number of imide groups is 2. The van der Waals surface area contributed by atoms with Gasteiger partial charge in [0.25, 0.3) is 11.8 Å². The predicted molar refractivity (Wildman–Crippen MR) is 94.5 cm³/mol. The van der Waals surface area contributed by atoms with Crippen LogP contribution in [0.15, 0.2) is 35.9 Å². The zero-order valence-corrected chi connectivity index (χ0v) is 14.7. The molecular weight excluding hydrogens is 342 g/mol. The number of carbonyl (C=O) groups excluding carboxylic acids is 3. The minimum absolute atomic E-state index is 0.0819. The van der Waals surface area contributed by atoms with Gasteiger partial charge in [0.15, 0.2) is 0 Å². The number of likely N-dealkylation sites (N-methyl/N-ethyl adjacent to an activating group) is 1. The zero-order chi connectivity index (χ0) is 18.3. The average molecular weight is 358 g/mol. The summed E-state index contributed by atoms with van der Waals surface area (Å²) < 4.78 is 1.95. The molecule has 7 heteroatoms. The number of benzene rings is 1. The van der Waals surface area contributed by atoms with Crippen LogP contribution in [0.5, 0.6) is 0 Å². The first-order chi connectivity index (χ1) is 11.8. The van der Waals surface area contributed by atoms with E-state index >= 15 is 0 Å². The summed E-state index contributed by atoms with van der Waals surface area (Å²) in [5, 5.41) is 2.74. The third kappa shape index (κ3) is 2.85. The molecule has 1 fully saturated rings. The minimum atomic E-state index is -0.728.